The first-order valence-corrected chi connectivity index (χ1v) is 12.1. The Balaban J connectivity index is 0.000000568. The molecule has 0 bridgehead atoms. The maximum absolute atomic E-state index is 12.1. The van der Waals surface area contributed by atoms with Crippen molar-refractivity contribution >= 4 is 37.5 Å². The fraction of sp³-hybridized carbons (Fsp3) is 0.500. The van der Waals surface area contributed by atoms with Crippen molar-refractivity contribution in [2.24, 2.45) is 5.73 Å². The van der Waals surface area contributed by atoms with Crippen LogP contribution < -0.4 is 16.0 Å². The molecule has 10 nitrogen and oxygen atoms in total. The van der Waals surface area contributed by atoms with Gasteiger partial charge in [-0.25, -0.2) is 32.4 Å². The van der Waals surface area contributed by atoms with Crippen molar-refractivity contribution in [2.75, 3.05) is 30.0 Å². The number of amides is 1. The number of benzene rings is 1. The minimum Gasteiger partial charge on any atom is -0.748 e. The van der Waals surface area contributed by atoms with Crippen LogP contribution in [0.1, 0.15) is 36.5 Å². The molecule has 0 atom stereocenters. The Hall–Kier alpha value is -2.02. The van der Waals surface area contributed by atoms with E-state index in [-0.39, 0.29) is 22.2 Å². The molecule has 1 aromatic rings. The molecule has 12 heteroatoms. The second kappa shape index (κ2) is 9.96. The Morgan fingerprint density at radius 1 is 1.21 bits per heavy atom. The van der Waals surface area contributed by atoms with Crippen LogP contribution in [0, 0.1) is 5.41 Å². The molecule has 158 valence electrons. The van der Waals surface area contributed by atoms with Gasteiger partial charge in [0.1, 0.15) is 0 Å². The smallest absolute Gasteiger partial charge is 0.350 e. The second-order valence-electron chi connectivity index (χ2n) is 6.31. The number of carbonyl (C=O) groups is 1. The van der Waals surface area contributed by atoms with Crippen LogP contribution in [0.5, 0.6) is 0 Å². The predicted molar refractivity (Wildman–Crippen MR) is 104 cm³/mol. The van der Waals surface area contributed by atoms with Crippen LogP contribution in [0.3, 0.4) is 0 Å². The van der Waals surface area contributed by atoms with E-state index in [4.69, 9.17) is 11.1 Å². The third kappa shape index (κ3) is 7.92. The van der Waals surface area contributed by atoms with Gasteiger partial charge in [-0.3, -0.25) is 0 Å². The summed E-state index contributed by atoms with van der Waals surface area (Å²) in [5.74, 6) is -1.14. The monoisotopic (exact) mass is 434 g/mol. The quantitative estimate of drug-likeness (QED) is 0.314. The lowest BCUT2D eigenvalue weighted by Crippen LogP contribution is -2.93. The van der Waals surface area contributed by atoms with Crippen LogP contribution in [0.2, 0.25) is 0 Å². The first-order valence-electron chi connectivity index (χ1n) is 8.61. The van der Waals surface area contributed by atoms with Gasteiger partial charge in [0.15, 0.2) is 9.84 Å². The number of primary amides is 1. The lowest BCUT2D eigenvalue weighted by atomic mass is 10.1. The number of nitrogens with zero attached hydrogens (tertiary/aromatic N) is 1. The van der Waals surface area contributed by atoms with Crippen molar-refractivity contribution in [1.82, 2.24) is 0 Å². The van der Waals surface area contributed by atoms with E-state index in [1.165, 1.54) is 13.0 Å². The number of rotatable bonds is 4. The van der Waals surface area contributed by atoms with E-state index in [0.29, 0.717) is 5.69 Å². The van der Waals surface area contributed by atoms with Crippen molar-refractivity contribution in [3.8, 4) is 0 Å². The molecule has 1 saturated heterocycles. The first kappa shape index (κ1) is 24.0. The number of nitrogens with one attached hydrogen (secondary N) is 1. The number of sulfone groups is 1. The maximum Gasteiger partial charge on any atom is 0.350 e. The van der Waals surface area contributed by atoms with Crippen molar-refractivity contribution in [3.05, 3.63) is 23.8 Å². The molecule has 1 fully saturated rings. The topological polar surface area (TPSA) is 178 Å². The van der Waals surface area contributed by atoms with E-state index in [9.17, 15) is 26.2 Å². The number of quaternary nitrogens is 1. The van der Waals surface area contributed by atoms with Crippen molar-refractivity contribution in [2.45, 2.75) is 31.1 Å². The molecular weight excluding hydrogens is 408 g/mol. The Bertz CT molecular complexity index is 922. The maximum atomic E-state index is 12.1. The number of piperidine rings is 1. The number of guanidine groups is 1. The SMILES string of the molecule is CCS(=O)(=O)[O-].CS(=O)(=O)c1cc(C(=O)[NH2+]C(=N)N)ccc1N1CCCCC1. The van der Waals surface area contributed by atoms with Crippen LogP contribution >= 0.6 is 0 Å². The molecule has 1 heterocycles. The average molecular weight is 435 g/mol. The zero-order valence-electron chi connectivity index (χ0n) is 15.8. The molecule has 28 heavy (non-hydrogen) atoms. The van der Waals surface area contributed by atoms with E-state index in [2.05, 4.69) is 0 Å². The number of carbonyl (C=O) groups excluding carboxylic acids is 1. The zero-order valence-corrected chi connectivity index (χ0v) is 17.5. The van der Waals surface area contributed by atoms with Gasteiger partial charge in [0, 0.05) is 25.1 Å². The molecule has 1 aliphatic rings. The standard InChI is InChI=1S/C14H20N4O3S.C2H6O3S/c1-22(20,21)12-9-10(13(19)17-14(15)16)5-6-11(12)18-7-3-2-4-8-18;1-2-6(3,4)5/h5-6,9H,2-4,7-8H2,1H3,(H4,15,16,17,19);2H2,1H3,(H,3,4,5). The third-order valence-corrected chi connectivity index (χ3v) is 5.81. The predicted octanol–water partition coefficient (Wildman–Crippen LogP) is -0.771. The summed E-state index contributed by atoms with van der Waals surface area (Å²) in [6.45, 7) is 2.94. The van der Waals surface area contributed by atoms with Crippen LogP contribution in [0.4, 0.5) is 5.69 Å². The van der Waals surface area contributed by atoms with Gasteiger partial charge in [-0.15, -0.1) is 0 Å². The minimum atomic E-state index is -3.91. The van der Waals surface area contributed by atoms with Crippen LogP contribution in [0.25, 0.3) is 0 Å². The average Bonchev–Trinajstić information content (AvgIpc) is 2.60. The summed E-state index contributed by atoms with van der Waals surface area (Å²) < 4.78 is 52.5. The summed E-state index contributed by atoms with van der Waals surface area (Å²) in [4.78, 5) is 14.1. The largest absolute Gasteiger partial charge is 0.748 e. The van der Waals surface area contributed by atoms with Gasteiger partial charge in [-0.05, 0) is 37.5 Å². The van der Waals surface area contributed by atoms with Gasteiger partial charge in [-0.2, -0.15) is 0 Å². The van der Waals surface area contributed by atoms with Gasteiger partial charge in [0.25, 0.3) is 5.96 Å². The lowest BCUT2D eigenvalue weighted by Gasteiger charge is -2.30. The fourth-order valence-corrected chi connectivity index (χ4v) is 3.50. The molecule has 0 unspecified atom stereocenters. The molecule has 0 aromatic heterocycles. The van der Waals surface area contributed by atoms with Gasteiger partial charge >= 0.3 is 5.91 Å². The van der Waals surface area contributed by atoms with Crippen molar-refractivity contribution in [1.29, 1.82) is 5.41 Å². The molecule has 0 aliphatic carbocycles. The highest BCUT2D eigenvalue weighted by Gasteiger charge is 2.23. The van der Waals surface area contributed by atoms with Gasteiger partial charge in [0.05, 0.1) is 26.3 Å². The normalized spacial score (nSPS) is 14.8. The Morgan fingerprint density at radius 3 is 2.18 bits per heavy atom. The molecule has 0 spiro atoms. The highest BCUT2D eigenvalue weighted by molar-refractivity contribution is 7.90. The van der Waals surface area contributed by atoms with Crippen LogP contribution in [-0.4, -0.2) is 58.4 Å². The molecule has 0 saturated carbocycles. The van der Waals surface area contributed by atoms with Gasteiger partial charge in [0.2, 0.25) is 0 Å². The fourth-order valence-electron chi connectivity index (χ4n) is 2.59. The molecule has 1 amide bonds. The molecule has 1 aliphatic heterocycles. The summed E-state index contributed by atoms with van der Waals surface area (Å²) in [6.07, 6.45) is 4.34. The summed E-state index contributed by atoms with van der Waals surface area (Å²) in [5, 5.41) is 8.10. The Morgan fingerprint density at radius 2 is 1.75 bits per heavy atom. The molecule has 1 aromatic carbocycles. The summed E-state index contributed by atoms with van der Waals surface area (Å²) in [7, 11) is -7.37. The van der Waals surface area contributed by atoms with E-state index < -0.39 is 25.9 Å². The number of hydrogen-bond donors (Lipinski definition) is 3. The second-order valence-corrected chi connectivity index (χ2v) is 9.99. The van der Waals surface area contributed by atoms with Crippen molar-refractivity contribution in [3.63, 3.8) is 0 Å². The Labute approximate surface area is 165 Å². The van der Waals surface area contributed by atoms with E-state index >= 15 is 0 Å². The van der Waals surface area contributed by atoms with E-state index in [1.54, 1.807) is 12.1 Å². The summed E-state index contributed by atoms with van der Waals surface area (Å²) >= 11 is 0. The first-order chi connectivity index (χ1) is 12.8. The zero-order chi connectivity index (χ0) is 21.5. The van der Waals surface area contributed by atoms with Crippen LogP contribution in [-0.2, 0) is 20.0 Å². The molecule has 2 rings (SSSR count). The Kier molecular flexibility index (Phi) is 8.54. The highest BCUT2D eigenvalue weighted by atomic mass is 32.2. The highest BCUT2D eigenvalue weighted by Crippen LogP contribution is 2.28. The third-order valence-electron chi connectivity index (χ3n) is 3.98. The molecule has 0 radical (unpaired) electrons. The summed E-state index contributed by atoms with van der Waals surface area (Å²) in [5.41, 5.74) is 6.04. The van der Waals surface area contributed by atoms with Crippen LogP contribution in [0.15, 0.2) is 23.1 Å². The summed E-state index contributed by atoms with van der Waals surface area (Å²) in [6, 6.07) is 4.63. The number of anilines is 1. The molecular formula is C16H26N4O6S2. The number of hydrogen-bond acceptors (Lipinski definition) is 8. The number of nitrogens with two attached hydrogens (primary N) is 2. The van der Waals surface area contributed by atoms with Crippen molar-refractivity contribution < 1.29 is 31.5 Å². The van der Waals surface area contributed by atoms with Gasteiger partial charge < -0.3 is 15.2 Å². The molecule has 5 N–H and O–H groups in total. The van der Waals surface area contributed by atoms with Gasteiger partial charge in [-0.1, -0.05) is 6.92 Å². The van der Waals surface area contributed by atoms with E-state index in [0.717, 1.165) is 43.9 Å². The lowest BCUT2D eigenvalue weighted by molar-refractivity contribution is -0.433. The minimum absolute atomic E-state index is 0.150. The van der Waals surface area contributed by atoms with E-state index in [1.807, 2.05) is 4.90 Å².